The van der Waals surface area contributed by atoms with Gasteiger partial charge in [-0.3, -0.25) is 0 Å². The van der Waals surface area contributed by atoms with Gasteiger partial charge in [-0.25, -0.2) is 8.42 Å². The van der Waals surface area contributed by atoms with Crippen LogP contribution in [-0.4, -0.2) is 36.0 Å². The van der Waals surface area contributed by atoms with Crippen molar-refractivity contribution in [3.8, 4) is 22.8 Å². The molecule has 3 aromatic rings. The van der Waals surface area contributed by atoms with E-state index in [2.05, 4.69) is 43.0 Å². The highest BCUT2D eigenvalue weighted by atomic mass is 32.2. The van der Waals surface area contributed by atoms with Crippen LogP contribution < -0.4 is 0 Å². The molecular weight excluding hydrogens is 386 g/mol. The first-order valence-corrected chi connectivity index (χ1v) is 11.2. The summed E-state index contributed by atoms with van der Waals surface area (Å²) in [5.41, 5.74) is 2.88. The fourth-order valence-electron chi connectivity index (χ4n) is 3.42. The van der Waals surface area contributed by atoms with Crippen molar-refractivity contribution in [3.63, 3.8) is 0 Å². The lowest BCUT2D eigenvalue weighted by molar-refractivity contribution is 0.432. The van der Waals surface area contributed by atoms with Crippen LogP contribution in [0.5, 0.6) is 0 Å². The van der Waals surface area contributed by atoms with Crippen molar-refractivity contribution in [1.29, 1.82) is 0 Å². The molecule has 0 saturated carbocycles. The zero-order valence-corrected chi connectivity index (χ0v) is 17.7. The van der Waals surface area contributed by atoms with Crippen molar-refractivity contribution < 1.29 is 12.9 Å². The average Bonchev–Trinajstić information content (AvgIpc) is 3.40. The Morgan fingerprint density at radius 2 is 1.48 bits per heavy atom. The lowest BCUT2D eigenvalue weighted by atomic mass is 9.87. The second-order valence-corrected chi connectivity index (χ2v) is 10.3. The van der Waals surface area contributed by atoms with Gasteiger partial charge in [-0.05, 0) is 60.2 Å². The van der Waals surface area contributed by atoms with Gasteiger partial charge in [0.2, 0.25) is 15.8 Å². The summed E-state index contributed by atoms with van der Waals surface area (Å²) in [7, 11) is -3.42. The van der Waals surface area contributed by atoms with Crippen molar-refractivity contribution in [2.24, 2.45) is 0 Å². The normalized spacial score (nSPS) is 15.7. The molecule has 6 nitrogen and oxygen atoms in total. The highest BCUT2D eigenvalue weighted by molar-refractivity contribution is 7.89. The van der Waals surface area contributed by atoms with E-state index in [-0.39, 0.29) is 5.41 Å². The lowest BCUT2D eigenvalue weighted by Gasteiger charge is -2.18. The zero-order valence-electron chi connectivity index (χ0n) is 16.9. The van der Waals surface area contributed by atoms with E-state index in [9.17, 15) is 8.42 Å². The third-order valence-electron chi connectivity index (χ3n) is 5.24. The highest BCUT2D eigenvalue weighted by Gasteiger charge is 2.27. The van der Waals surface area contributed by atoms with E-state index in [1.165, 1.54) is 9.87 Å². The molecule has 2 aromatic carbocycles. The predicted octanol–water partition coefficient (Wildman–Crippen LogP) is 4.49. The number of nitrogens with zero attached hydrogens (tertiary/aromatic N) is 3. The van der Waals surface area contributed by atoms with Gasteiger partial charge >= 0.3 is 0 Å². The third-order valence-corrected chi connectivity index (χ3v) is 7.15. The minimum Gasteiger partial charge on any atom is -0.334 e. The van der Waals surface area contributed by atoms with Crippen LogP contribution in [0.1, 0.15) is 39.2 Å². The van der Waals surface area contributed by atoms with Crippen LogP contribution in [0, 0.1) is 0 Å². The molecule has 1 aliphatic heterocycles. The van der Waals surface area contributed by atoms with Gasteiger partial charge in [-0.1, -0.05) is 38.1 Å². The van der Waals surface area contributed by atoms with E-state index in [4.69, 9.17) is 4.52 Å². The molecule has 0 aliphatic carbocycles. The standard InChI is InChI=1S/C22H25N3O3S/c1-22(2,3)18-10-6-17(7-11-18)21-23-20(24-28-21)16-8-12-19(13-9-16)29(26,27)25-14-4-5-15-25/h6-13H,4-5,14-15H2,1-3H3. The van der Waals surface area contributed by atoms with E-state index in [1.807, 2.05) is 12.1 Å². The maximum Gasteiger partial charge on any atom is 0.258 e. The summed E-state index contributed by atoms with van der Waals surface area (Å²) < 4.78 is 32.3. The van der Waals surface area contributed by atoms with Crippen LogP contribution >= 0.6 is 0 Å². The first-order valence-electron chi connectivity index (χ1n) is 9.80. The number of benzene rings is 2. The molecule has 29 heavy (non-hydrogen) atoms. The topological polar surface area (TPSA) is 76.3 Å². The molecule has 7 heteroatoms. The maximum atomic E-state index is 12.6. The minimum absolute atomic E-state index is 0.0791. The molecule has 1 fully saturated rings. The SMILES string of the molecule is CC(C)(C)c1ccc(-c2nc(-c3ccc(S(=O)(=O)N4CCCC4)cc3)no2)cc1. The summed E-state index contributed by atoms with van der Waals surface area (Å²) >= 11 is 0. The Morgan fingerprint density at radius 3 is 2.07 bits per heavy atom. The molecule has 0 bridgehead atoms. The molecule has 4 rings (SSSR count). The van der Waals surface area contributed by atoms with Crippen LogP contribution in [0.4, 0.5) is 0 Å². The van der Waals surface area contributed by atoms with Crippen molar-refractivity contribution in [2.75, 3.05) is 13.1 Å². The average molecular weight is 412 g/mol. The Balaban J connectivity index is 1.55. The summed E-state index contributed by atoms with van der Waals surface area (Å²) in [5, 5.41) is 4.06. The quantitative estimate of drug-likeness (QED) is 0.632. The maximum absolute atomic E-state index is 12.6. The van der Waals surface area contributed by atoms with Gasteiger partial charge in [0.15, 0.2) is 0 Å². The summed E-state index contributed by atoms with van der Waals surface area (Å²) in [4.78, 5) is 4.77. The molecule has 0 radical (unpaired) electrons. The van der Waals surface area contributed by atoms with E-state index < -0.39 is 10.0 Å². The molecule has 2 heterocycles. The molecule has 0 atom stereocenters. The Hall–Kier alpha value is -2.51. The Bertz CT molecular complexity index is 1090. The number of hydrogen-bond acceptors (Lipinski definition) is 5. The molecule has 0 unspecified atom stereocenters. The number of aromatic nitrogens is 2. The molecule has 1 aliphatic rings. The third kappa shape index (κ3) is 3.97. The molecule has 152 valence electrons. The first-order chi connectivity index (χ1) is 13.7. The lowest BCUT2D eigenvalue weighted by Crippen LogP contribution is -2.27. The summed E-state index contributed by atoms with van der Waals surface area (Å²) in [5.74, 6) is 0.874. The highest BCUT2D eigenvalue weighted by Crippen LogP contribution is 2.28. The van der Waals surface area contributed by atoms with Gasteiger partial charge in [0.1, 0.15) is 0 Å². The van der Waals surface area contributed by atoms with Gasteiger partial charge in [0, 0.05) is 24.2 Å². The van der Waals surface area contributed by atoms with E-state index in [0.29, 0.717) is 35.3 Å². The van der Waals surface area contributed by atoms with E-state index in [0.717, 1.165) is 18.4 Å². The fraction of sp³-hybridized carbons (Fsp3) is 0.364. The molecule has 0 amide bonds. The van der Waals surface area contributed by atoms with Crippen molar-refractivity contribution in [3.05, 3.63) is 54.1 Å². The summed E-state index contributed by atoms with van der Waals surface area (Å²) in [6.45, 7) is 7.68. The van der Waals surface area contributed by atoms with E-state index >= 15 is 0 Å². The van der Waals surface area contributed by atoms with Crippen molar-refractivity contribution in [1.82, 2.24) is 14.4 Å². The zero-order chi connectivity index (χ0) is 20.6. The largest absolute Gasteiger partial charge is 0.334 e. The molecule has 1 saturated heterocycles. The Labute approximate surface area is 171 Å². The Kier molecular flexibility index (Phi) is 5.04. The van der Waals surface area contributed by atoms with Gasteiger partial charge in [0.05, 0.1) is 4.90 Å². The molecule has 0 N–H and O–H groups in total. The van der Waals surface area contributed by atoms with Crippen LogP contribution in [0.2, 0.25) is 0 Å². The van der Waals surface area contributed by atoms with Crippen LogP contribution in [-0.2, 0) is 15.4 Å². The first kappa shape index (κ1) is 19.8. The molecular formula is C22H25N3O3S. The van der Waals surface area contributed by atoms with Crippen LogP contribution in [0.15, 0.2) is 57.9 Å². The van der Waals surface area contributed by atoms with Crippen LogP contribution in [0.25, 0.3) is 22.8 Å². The van der Waals surface area contributed by atoms with E-state index in [1.54, 1.807) is 24.3 Å². The predicted molar refractivity (Wildman–Crippen MR) is 112 cm³/mol. The summed E-state index contributed by atoms with van der Waals surface area (Å²) in [6, 6.07) is 14.7. The van der Waals surface area contributed by atoms with Crippen LogP contribution in [0.3, 0.4) is 0 Å². The number of sulfonamides is 1. The van der Waals surface area contributed by atoms with Gasteiger partial charge in [-0.15, -0.1) is 0 Å². The minimum atomic E-state index is -3.42. The molecule has 1 aromatic heterocycles. The number of rotatable bonds is 4. The van der Waals surface area contributed by atoms with Gasteiger partial charge in [-0.2, -0.15) is 9.29 Å². The summed E-state index contributed by atoms with van der Waals surface area (Å²) in [6.07, 6.45) is 1.83. The second-order valence-electron chi connectivity index (χ2n) is 8.39. The number of hydrogen-bond donors (Lipinski definition) is 0. The fourth-order valence-corrected chi connectivity index (χ4v) is 4.94. The van der Waals surface area contributed by atoms with Gasteiger partial charge < -0.3 is 4.52 Å². The monoisotopic (exact) mass is 411 g/mol. The van der Waals surface area contributed by atoms with Crippen molar-refractivity contribution in [2.45, 2.75) is 43.9 Å². The molecule has 0 spiro atoms. The smallest absolute Gasteiger partial charge is 0.258 e. The van der Waals surface area contributed by atoms with Crippen molar-refractivity contribution >= 4 is 10.0 Å². The Morgan fingerprint density at radius 1 is 0.897 bits per heavy atom. The second kappa shape index (κ2) is 7.39. The van der Waals surface area contributed by atoms with Gasteiger partial charge in [0.25, 0.3) is 5.89 Å².